The summed E-state index contributed by atoms with van der Waals surface area (Å²) in [7, 11) is 1.58. The predicted molar refractivity (Wildman–Crippen MR) is 126 cm³/mol. The SMILES string of the molecule is COc1ccc(C(=O)N(CCc2ccccc2)C2CC(C(=O)NCCN)N(C(C)=O)C2)cc1. The van der Waals surface area contributed by atoms with Gasteiger partial charge in [0.05, 0.1) is 13.2 Å². The molecular formula is C25H32N4O4. The number of carbonyl (C=O) groups excluding carboxylic acids is 3. The lowest BCUT2D eigenvalue weighted by Crippen LogP contribution is -2.46. The van der Waals surface area contributed by atoms with Gasteiger partial charge in [-0.05, 0) is 42.7 Å². The molecular weight excluding hydrogens is 420 g/mol. The van der Waals surface area contributed by atoms with Crippen molar-refractivity contribution in [2.75, 3.05) is 33.3 Å². The van der Waals surface area contributed by atoms with E-state index in [1.165, 1.54) is 6.92 Å². The maximum absolute atomic E-state index is 13.5. The van der Waals surface area contributed by atoms with Gasteiger partial charge in [0.1, 0.15) is 11.8 Å². The summed E-state index contributed by atoms with van der Waals surface area (Å²) in [5.74, 6) is 0.108. The predicted octanol–water partition coefficient (Wildman–Crippen LogP) is 1.44. The number of nitrogens with zero attached hydrogens (tertiary/aromatic N) is 2. The third kappa shape index (κ3) is 6.10. The summed E-state index contributed by atoms with van der Waals surface area (Å²) >= 11 is 0. The van der Waals surface area contributed by atoms with Crippen molar-refractivity contribution in [2.24, 2.45) is 5.73 Å². The maximum atomic E-state index is 13.5. The minimum absolute atomic E-state index is 0.134. The van der Waals surface area contributed by atoms with Gasteiger partial charge in [0.15, 0.2) is 0 Å². The van der Waals surface area contributed by atoms with Crippen LogP contribution in [0.5, 0.6) is 5.75 Å². The molecule has 0 radical (unpaired) electrons. The first-order chi connectivity index (χ1) is 15.9. The topological polar surface area (TPSA) is 105 Å². The second-order valence-electron chi connectivity index (χ2n) is 8.12. The quantitative estimate of drug-likeness (QED) is 0.599. The van der Waals surface area contributed by atoms with E-state index in [-0.39, 0.29) is 23.8 Å². The van der Waals surface area contributed by atoms with E-state index in [1.807, 2.05) is 30.3 Å². The lowest BCUT2D eigenvalue weighted by atomic mass is 10.1. The lowest BCUT2D eigenvalue weighted by Gasteiger charge is -2.29. The molecule has 0 aromatic heterocycles. The second-order valence-corrected chi connectivity index (χ2v) is 8.12. The van der Waals surface area contributed by atoms with E-state index in [1.54, 1.807) is 41.2 Å². The van der Waals surface area contributed by atoms with Crippen LogP contribution in [0.1, 0.15) is 29.3 Å². The number of likely N-dealkylation sites (tertiary alicyclic amines) is 1. The monoisotopic (exact) mass is 452 g/mol. The summed E-state index contributed by atoms with van der Waals surface area (Å²) in [6.07, 6.45) is 1.05. The molecule has 2 aromatic carbocycles. The summed E-state index contributed by atoms with van der Waals surface area (Å²) in [6.45, 7) is 2.90. The summed E-state index contributed by atoms with van der Waals surface area (Å²) in [4.78, 5) is 41.9. The van der Waals surface area contributed by atoms with Crippen molar-refractivity contribution in [3.05, 3.63) is 65.7 Å². The first-order valence-electron chi connectivity index (χ1n) is 11.2. The van der Waals surface area contributed by atoms with Gasteiger partial charge in [-0.1, -0.05) is 30.3 Å². The molecule has 0 spiro atoms. The largest absolute Gasteiger partial charge is 0.497 e. The molecule has 33 heavy (non-hydrogen) atoms. The highest BCUT2D eigenvalue weighted by Gasteiger charge is 2.41. The van der Waals surface area contributed by atoms with E-state index >= 15 is 0 Å². The van der Waals surface area contributed by atoms with Gasteiger partial charge in [0, 0.05) is 38.7 Å². The van der Waals surface area contributed by atoms with Gasteiger partial charge in [-0.25, -0.2) is 0 Å². The van der Waals surface area contributed by atoms with Gasteiger partial charge >= 0.3 is 0 Å². The van der Waals surface area contributed by atoms with Crippen molar-refractivity contribution >= 4 is 17.7 Å². The average Bonchev–Trinajstić information content (AvgIpc) is 3.29. The Morgan fingerprint density at radius 2 is 1.82 bits per heavy atom. The maximum Gasteiger partial charge on any atom is 0.254 e. The number of carbonyl (C=O) groups is 3. The van der Waals surface area contributed by atoms with E-state index < -0.39 is 6.04 Å². The van der Waals surface area contributed by atoms with Crippen molar-refractivity contribution in [1.29, 1.82) is 0 Å². The molecule has 2 unspecified atom stereocenters. The normalized spacial score (nSPS) is 17.5. The number of ether oxygens (including phenoxy) is 1. The number of amides is 3. The molecule has 2 aromatic rings. The van der Waals surface area contributed by atoms with Crippen molar-refractivity contribution in [2.45, 2.75) is 31.8 Å². The Morgan fingerprint density at radius 1 is 1.12 bits per heavy atom. The van der Waals surface area contributed by atoms with Gasteiger partial charge in [-0.2, -0.15) is 0 Å². The first-order valence-corrected chi connectivity index (χ1v) is 11.2. The van der Waals surface area contributed by atoms with Crippen LogP contribution < -0.4 is 15.8 Å². The van der Waals surface area contributed by atoms with Crippen molar-refractivity contribution in [1.82, 2.24) is 15.1 Å². The molecule has 1 aliphatic heterocycles. The average molecular weight is 453 g/mol. The molecule has 176 valence electrons. The molecule has 0 aliphatic carbocycles. The standard InChI is InChI=1S/C25H32N4O4/c1-18(30)29-17-21(16-23(29)24(31)27-14-13-26)28(15-12-19-6-4-3-5-7-19)25(32)20-8-10-22(33-2)11-9-20/h3-11,21,23H,12-17,26H2,1-2H3,(H,27,31). The second kappa shape index (κ2) is 11.5. The number of benzene rings is 2. The Kier molecular flexibility index (Phi) is 8.43. The summed E-state index contributed by atoms with van der Waals surface area (Å²) in [5, 5.41) is 2.77. The Labute approximate surface area is 194 Å². The lowest BCUT2D eigenvalue weighted by molar-refractivity contribution is -0.136. The molecule has 1 saturated heterocycles. The highest BCUT2D eigenvalue weighted by molar-refractivity contribution is 5.95. The minimum Gasteiger partial charge on any atom is -0.497 e. The van der Waals surface area contributed by atoms with Crippen LogP contribution in [0.15, 0.2) is 54.6 Å². The van der Waals surface area contributed by atoms with Crippen LogP contribution in [-0.4, -0.2) is 72.9 Å². The number of hydrogen-bond donors (Lipinski definition) is 2. The number of hydrogen-bond acceptors (Lipinski definition) is 5. The molecule has 3 amide bonds. The van der Waals surface area contributed by atoms with Gasteiger partial charge < -0.3 is 25.6 Å². The summed E-state index contributed by atoms with van der Waals surface area (Å²) in [5.41, 5.74) is 7.16. The first kappa shape index (κ1) is 24.3. The fraction of sp³-hybridized carbons (Fsp3) is 0.400. The van der Waals surface area contributed by atoms with Crippen LogP contribution in [0.2, 0.25) is 0 Å². The summed E-state index contributed by atoms with van der Waals surface area (Å²) < 4.78 is 5.21. The fourth-order valence-corrected chi connectivity index (χ4v) is 4.19. The Hall–Kier alpha value is -3.39. The summed E-state index contributed by atoms with van der Waals surface area (Å²) in [6, 6.07) is 16.0. The van der Waals surface area contributed by atoms with Crippen LogP contribution in [0.3, 0.4) is 0 Å². The fourth-order valence-electron chi connectivity index (χ4n) is 4.19. The van der Waals surface area contributed by atoms with E-state index in [2.05, 4.69) is 5.32 Å². The van der Waals surface area contributed by atoms with E-state index in [0.717, 1.165) is 5.56 Å². The van der Waals surface area contributed by atoms with Crippen LogP contribution in [0, 0.1) is 0 Å². The molecule has 0 bridgehead atoms. The Bertz CT molecular complexity index is 949. The van der Waals surface area contributed by atoms with Gasteiger partial charge in [-0.3, -0.25) is 14.4 Å². The zero-order valence-electron chi connectivity index (χ0n) is 19.2. The van der Waals surface area contributed by atoms with Crippen LogP contribution in [-0.2, 0) is 16.0 Å². The van der Waals surface area contributed by atoms with E-state index in [0.29, 0.717) is 50.3 Å². The van der Waals surface area contributed by atoms with Crippen LogP contribution >= 0.6 is 0 Å². The Balaban J connectivity index is 1.84. The zero-order valence-corrected chi connectivity index (χ0v) is 19.2. The number of nitrogens with two attached hydrogens (primary N) is 1. The third-order valence-corrected chi connectivity index (χ3v) is 5.95. The van der Waals surface area contributed by atoms with Crippen LogP contribution in [0.4, 0.5) is 0 Å². The number of methoxy groups -OCH3 is 1. The smallest absolute Gasteiger partial charge is 0.254 e. The highest BCUT2D eigenvalue weighted by Crippen LogP contribution is 2.25. The molecule has 1 heterocycles. The van der Waals surface area contributed by atoms with Crippen LogP contribution in [0.25, 0.3) is 0 Å². The highest BCUT2D eigenvalue weighted by atomic mass is 16.5. The third-order valence-electron chi connectivity index (χ3n) is 5.95. The minimum atomic E-state index is -0.623. The van der Waals surface area contributed by atoms with Gasteiger partial charge in [-0.15, -0.1) is 0 Å². The molecule has 1 aliphatic rings. The zero-order chi connectivity index (χ0) is 23.8. The van der Waals surface area contributed by atoms with Crippen molar-refractivity contribution < 1.29 is 19.1 Å². The van der Waals surface area contributed by atoms with Gasteiger partial charge in [0.25, 0.3) is 5.91 Å². The molecule has 2 atom stereocenters. The van der Waals surface area contributed by atoms with Crippen molar-refractivity contribution in [3.63, 3.8) is 0 Å². The molecule has 8 nitrogen and oxygen atoms in total. The molecule has 1 fully saturated rings. The molecule has 3 rings (SSSR count). The molecule has 3 N–H and O–H groups in total. The van der Waals surface area contributed by atoms with E-state index in [9.17, 15) is 14.4 Å². The van der Waals surface area contributed by atoms with Crippen molar-refractivity contribution in [3.8, 4) is 5.75 Å². The van der Waals surface area contributed by atoms with E-state index in [4.69, 9.17) is 10.5 Å². The molecule has 0 saturated carbocycles. The molecule has 8 heteroatoms. The number of rotatable bonds is 9. The van der Waals surface area contributed by atoms with Gasteiger partial charge in [0.2, 0.25) is 11.8 Å². The Morgan fingerprint density at radius 3 is 2.42 bits per heavy atom. The number of nitrogens with one attached hydrogen (secondary N) is 1.